The average Bonchev–Trinajstić information content (AvgIpc) is 2.59. The molecule has 1 aliphatic heterocycles. The molecule has 0 aliphatic carbocycles. The maximum Gasteiger partial charge on any atom is 0.243 e. The molecule has 1 saturated heterocycles. The van der Waals surface area contributed by atoms with Gasteiger partial charge in [-0.05, 0) is 42.9 Å². The smallest absolute Gasteiger partial charge is 0.243 e. The van der Waals surface area contributed by atoms with Crippen molar-refractivity contribution >= 4 is 48.0 Å². The van der Waals surface area contributed by atoms with Crippen LogP contribution in [0.25, 0.3) is 0 Å². The van der Waals surface area contributed by atoms with E-state index in [1.807, 2.05) is 32.0 Å². The van der Waals surface area contributed by atoms with Gasteiger partial charge in [-0.25, -0.2) is 0 Å². The van der Waals surface area contributed by atoms with Gasteiger partial charge in [0, 0.05) is 24.5 Å². The molecule has 4 N–H and O–H groups in total. The minimum atomic E-state index is -0.599. The minimum absolute atomic E-state index is 0. The molecular weight excluding hydrogens is 387 g/mol. The Balaban J connectivity index is 0.00000338. The number of carbonyl (C=O) groups excluding carboxylic acids is 2. The maximum atomic E-state index is 12.1. The number of benzene rings is 1. The van der Waals surface area contributed by atoms with Crippen LogP contribution in [0.15, 0.2) is 24.3 Å². The molecule has 8 heteroatoms. The van der Waals surface area contributed by atoms with Gasteiger partial charge in [-0.3, -0.25) is 9.59 Å². The fourth-order valence-corrected chi connectivity index (χ4v) is 2.84. The second-order valence-corrected chi connectivity index (χ2v) is 7.26. The number of halogens is 2. The molecule has 27 heavy (non-hydrogen) atoms. The topological polar surface area (TPSA) is 87.5 Å². The Labute approximate surface area is 174 Å². The summed E-state index contributed by atoms with van der Waals surface area (Å²) in [5, 5.41) is 5.41. The molecule has 1 atom stereocenters. The van der Waals surface area contributed by atoms with Gasteiger partial charge >= 0.3 is 0 Å². The fourth-order valence-electron chi connectivity index (χ4n) is 2.84. The van der Waals surface area contributed by atoms with E-state index in [1.54, 1.807) is 0 Å². The van der Waals surface area contributed by atoms with Crippen LogP contribution in [0.1, 0.15) is 33.6 Å². The van der Waals surface area contributed by atoms with Crippen LogP contribution in [-0.2, 0) is 9.59 Å². The molecule has 1 aromatic rings. The Morgan fingerprint density at radius 1 is 1.22 bits per heavy atom. The average molecular weight is 419 g/mol. The molecule has 6 nitrogen and oxygen atoms in total. The lowest BCUT2D eigenvalue weighted by Crippen LogP contribution is -2.46. The molecule has 1 aromatic carbocycles. The summed E-state index contributed by atoms with van der Waals surface area (Å²) < 4.78 is 0. The Bertz CT molecular complexity index is 605. The van der Waals surface area contributed by atoms with Gasteiger partial charge < -0.3 is 21.3 Å². The molecule has 1 fully saturated rings. The van der Waals surface area contributed by atoms with E-state index in [-0.39, 0.29) is 49.1 Å². The molecule has 2 rings (SSSR count). The summed E-state index contributed by atoms with van der Waals surface area (Å²) in [4.78, 5) is 26.2. The van der Waals surface area contributed by atoms with Crippen molar-refractivity contribution < 1.29 is 9.59 Å². The third kappa shape index (κ3) is 7.95. The van der Waals surface area contributed by atoms with Crippen molar-refractivity contribution in [2.75, 3.05) is 29.9 Å². The number of piperidine rings is 1. The molecule has 2 amide bonds. The number of nitrogens with two attached hydrogens (primary N) is 1. The van der Waals surface area contributed by atoms with Crippen molar-refractivity contribution in [1.82, 2.24) is 5.32 Å². The van der Waals surface area contributed by atoms with Crippen molar-refractivity contribution in [2.24, 2.45) is 17.6 Å². The second kappa shape index (κ2) is 12.1. The maximum absolute atomic E-state index is 12.1. The lowest BCUT2D eigenvalue weighted by Gasteiger charge is -2.32. The Morgan fingerprint density at radius 3 is 2.44 bits per heavy atom. The zero-order valence-electron chi connectivity index (χ0n) is 16.2. The number of nitrogens with one attached hydrogen (secondary N) is 2. The number of carbonyl (C=O) groups is 2. The highest BCUT2D eigenvalue weighted by molar-refractivity contribution is 5.95. The summed E-state index contributed by atoms with van der Waals surface area (Å²) in [6.45, 7) is 8.04. The van der Waals surface area contributed by atoms with Crippen LogP contribution in [0.3, 0.4) is 0 Å². The first-order chi connectivity index (χ1) is 11.9. The van der Waals surface area contributed by atoms with Crippen LogP contribution in [0.5, 0.6) is 0 Å². The van der Waals surface area contributed by atoms with Crippen LogP contribution >= 0.6 is 24.8 Å². The van der Waals surface area contributed by atoms with E-state index >= 15 is 0 Å². The second-order valence-electron chi connectivity index (χ2n) is 7.26. The van der Waals surface area contributed by atoms with Crippen LogP contribution < -0.4 is 21.3 Å². The highest BCUT2D eigenvalue weighted by atomic mass is 35.5. The summed E-state index contributed by atoms with van der Waals surface area (Å²) in [5.41, 5.74) is 7.62. The van der Waals surface area contributed by atoms with Crippen LogP contribution in [0.4, 0.5) is 11.4 Å². The first kappa shape index (κ1) is 25.5. The lowest BCUT2D eigenvalue weighted by molar-refractivity contribution is -0.125. The molecule has 0 radical (unpaired) electrons. The predicted molar refractivity (Wildman–Crippen MR) is 116 cm³/mol. The first-order valence-corrected chi connectivity index (χ1v) is 9.05. The fraction of sp³-hybridized carbons (Fsp3) is 0.579. The number of anilines is 2. The number of hydrogen-bond acceptors (Lipinski definition) is 4. The van der Waals surface area contributed by atoms with Gasteiger partial charge in [-0.2, -0.15) is 0 Å². The Morgan fingerprint density at radius 2 is 1.85 bits per heavy atom. The van der Waals surface area contributed by atoms with E-state index in [1.165, 1.54) is 12.8 Å². The number of nitrogens with zero attached hydrogens (tertiary/aromatic N) is 1. The number of rotatable bonds is 6. The van der Waals surface area contributed by atoms with E-state index in [0.29, 0.717) is 0 Å². The number of hydrogen-bond donors (Lipinski definition) is 3. The molecule has 0 spiro atoms. The molecule has 1 aliphatic rings. The van der Waals surface area contributed by atoms with Gasteiger partial charge in [0.25, 0.3) is 0 Å². The third-order valence-electron chi connectivity index (χ3n) is 4.72. The van der Waals surface area contributed by atoms with Gasteiger partial charge in [0.1, 0.15) is 0 Å². The van der Waals surface area contributed by atoms with Gasteiger partial charge in [-0.15, -0.1) is 24.8 Å². The van der Waals surface area contributed by atoms with Crippen molar-refractivity contribution in [1.29, 1.82) is 0 Å². The zero-order chi connectivity index (χ0) is 18.4. The van der Waals surface area contributed by atoms with E-state index in [4.69, 9.17) is 5.73 Å². The molecular formula is C19H32Cl2N4O2. The normalized spacial score (nSPS) is 15.4. The molecule has 0 saturated carbocycles. The van der Waals surface area contributed by atoms with E-state index in [2.05, 4.69) is 28.5 Å². The monoisotopic (exact) mass is 418 g/mol. The van der Waals surface area contributed by atoms with Gasteiger partial charge in [0.05, 0.1) is 12.6 Å². The molecule has 0 unspecified atom stereocenters. The molecule has 1 heterocycles. The summed E-state index contributed by atoms with van der Waals surface area (Å²) in [5.74, 6) is 0.252. The summed E-state index contributed by atoms with van der Waals surface area (Å²) in [7, 11) is 0. The van der Waals surface area contributed by atoms with E-state index in [9.17, 15) is 9.59 Å². The van der Waals surface area contributed by atoms with Crippen LogP contribution in [0, 0.1) is 11.8 Å². The van der Waals surface area contributed by atoms with Crippen molar-refractivity contribution in [3.63, 3.8) is 0 Å². The third-order valence-corrected chi connectivity index (χ3v) is 4.72. The summed E-state index contributed by atoms with van der Waals surface area (Å²) in [6.07, 6.45) is 2.39. The predicted octanol–water partition coefficient (Wildman–Crippen LogP) is 2.80. The number of amides is 2. The van der Waals surface area contributed by atoms with Crippen LogP contribution in [0.2, 0.25) is 0 Å². The van der Waals surface area contributed by atoms with Gasteiger partial charge in [0.15, 0.2) is 0 Å². The molecule has 154 valence electrons. The largest absolute Gasteiger partial charge is 0.371 e. The molecule has 0 aromatic heterocycles. The standard InChI is InChI=1S/C19H30N4O2.2ClH/c1-13(2)18(20)19(25)21-12-17(24)22-15-5-4-6-16(11-15)23-9-7-14(3)8-10-23;;/h4-6,11,13-14,18H,7-10,12,20H2,1-3H3,(H,21,25)(H,22,24);2*1H/t18-;;/m0../s1. The zero-order valence-corrected chi connectivity index (χ0v) is 17.9. The van der Waals surface area contributed by atoms with Crippen molar-refractivity contribution in [3.05, 3.63) is 24.3 Å². The van der Waals surface area contributed by atoms with Gasteiger partial charge in [0.2, 0.25) is 11.8 Å². The van der Waals surface area contributed by atoms with Gasteiger partial charge in [-0.1, -0.05) is 26.8 Å². The van der Waals surface area contributed by atoms with E-state index in [0.717, 1.165) is 30.4 Å². The highest BCUT2D eigenvalue weighted by Crippen LogP contribution is 2.25. The summed E-state index contributed by atoms with van der Waals surface area (Å²) >= 11 is 0. The lowest BCUT2D eigenvalue weighted by atomic mass is 9.99. The minimum Gasteiger partial charge on any atom is -0.371 e. The Kier molecular flexibility index (Phi) is 11.4. The van der Waals surface area contributed by atoms with Crippen molar-refractivity contribution in [3.8, 4) is 0 Å². The van der Waals surface area contributed by atoms with E-state index < -0.39 is 6.04 Å². The quantitative estimate of drug-likeness (QED) is 0.662. The first-order valence-electron chi connectivity index (χ1n) is 9.05. The van der Waals surface area contributed by atoms with Crippen molar-refractivity contribution in [2.45, 2.75) is 39.7 Å². The summed E-state index contributed by atoms with van der Waals surface area (Å²) in [6, 6.07) is 7.24. The van der Waals surface area contributed by atoms with Crippen LogP contribution in [-0.4, -0.2) is 37.5 Å². The molecule has 0 bridgehead atoms. The highest BCUT2D eigenvalue weighted by Gasteiger charge is 2.18. The Hall–Kier alpha value is -1.50. The SMILES string of the molecule is CC1CCN(c2cccc(NC(=O)CNC(=O)[C@@H](N)C(C)C)c2)CC1.Cl.Cl.